The second-order valence-electron chi connectivity index (χ2n) is 5.57. The van der Waals surface area contributed by atoms with Gasteiger partial charge in [-0.1, -0.05) is 23.8 Å². The smallest absolute Gasteiger partial charge is 0.0926 e. The fraction of sp³-hybridized carbons (Fsp3) is 0.438. The van der Waals surface area contributed by atoms with Gasteiger partial charge < -0.3 is 5.32 Å². The van der Waals surface area contributed by atoms with Gasteiger partial charge in [0.15, 0.2) is 0 Å². The maximum Gasteiger partial charge on any atom is 0.0926 e. The van der Waals surface area contributed by atoms with Crippen molar-refractivity contribution in [3.05, 3.63) is 41.1 Å². The van der Waals surface area contributed by atoms with Gasteiger partial charge in [-0.3, -0.25) is 5.10 Å². The summed E-state index contributed by atoms with van der Waals surface area (Å²) in [6.07, 6.45) is 2.50. The monoisotopic (exact) mass is 255 g/mol. The first-order valence-corrected chi connectivity index (χ1v) is 7.07. The molecule has 2 N–H and O–H groups in total. The SMILES string of the molecule is Cc1ccc(-c2cc(C3CCCNC3)[nH]n2)c(C)c1. The quantitative estimate of drug-likeness (QED) is 0.865. The molecule has 1 unspecified atom stereocenters. The third-order valence-corrected chi connectivity index (χ3v) is 3.99. The molecule has 1 aliphatic heterocycles. The zero-order valence-corrected chi connectivity index (χ0v) is 11.7. The van der Waals surface area contributed by atoms with Crippen LogP contribution in [0.25, 0.3) is 11.3 Å². The number of hydrogen-bond acceptors (Lipinski definition) is 2. The van der Waals surface area contributed by atoms with Crippen LogP contribution in [0.2, 0.25) is 0 Å². The van der Waals surface area contributed by atoms with Crippen LogP contribution in [-0.4, -0.2) is 23.3 Å². The minimum absolute atomic E-state index is 0.584. The molecule has 3 heteroatoms. The van der Waals surface area contributed by atoms with Gasteiger partial charge in [0.2, 0.25) is 0 Å². The van der Waals surface area contributed by atoms with Gasteiger partial charge in [0.25, 0.3) is 0 Å². The number of nitrogens with one attached hydrogen (secondary N) is 2. The van der Waals surface area contributed by atoms with Crippen LogP contribution in [-0.2, 0) is 0 Å². The van der Waals surface area contributed by atoms with E-state index in [0.29, 0.717) is 5.92 Å². The van der Waals surface area contributed by atoms with Gasteiger partial charge in [-0.2, -0.15) is 5.10 Å². The van der Waals surface area contributed by atoms with Gasteiger partial charge in [-0.15, -0.1) is 0 Å². The summed E-state index contributed by atoms with van der Waals surface area (Å²) in [6.45, 7) is 6.49. The van der Waals surface area contributed by atoms with Crippen LogP contribution in [0.1, 0.15) is 35.6 Å². The highest BCUT2D eigenvalue weighted by Gasteiger charge is 2.18. The average molecular weight is 255 g/mol. The maximum absolute atomic E-state index is 4.50. The van der Waals surface area contributed by atoms with E-state index in [0.717, 1.165) is 18.8 Å². The first kappa shape index (κ1) is 12.4. The van der Waals surface area contributed by atoms with Crippen LogP contribution in [0.4, 0.5) is 0 Å². The molecule has 1 saturated heterocycles. The zero-order valence-electron chi connectivity index (χ0n) is 11.7. The summed E-state index contributed by atoms with van der Waals surface area (Å²) < 4.78 is 0. The number of hydrogen-bond donors (Lipinski definition) is 2. The minimum Gasteiger partial charge on any atom is -0.316 e. The molecular formula is C16H21N3. The van der Waals surface area contributed by atoms with Gasteiger partial charge in [-0.25, -0.2) is 0 Å². The average Bonchev–Trinajstić information content (AvgIpc) is 2.89. The van der Waals surface area contributed by atoms with Crippen molar-refractivity contribution < 1.29 is 0 Å². The van der Waals surface area contributed by atoms with Crippen molar-refractivity contribution in [3.63, 3.8) is 0 Å². The highest BCUT2D eigenvalue weighted by Crippen LogP contribution is 2.27. The number of aromatic nitrogens is 2. The second kappa shape index (κ2) is 5.17. The molecule has 0 amide bonds. The number of piperidine rings is 1. The van der Waals surface area contributed by atoms with Crippen molar-refractivity contribution in [1.29, 1.82) is 0 Å². The number of aryl methyl sites for hydroxylation is 2. The fourth-order valence-electron chi connectivity index (χ4n) is 2.90. The Morgan fingerprint density at radius 2 is 2.11 bits per heavy atom. The number of aromatic amines is 1. The third-order valence-electron chi connectivity index (χ3n) is 3.99. The first-order chi connectivity index (χ1) is 9.24. The Bertz CT molecular complexity index is 565. The van der Waals surface area contributed by atoms with E-state index < -0.39 is 0 Å². The van der Waals surface area contributed by atoms with E-state index in [-0.39, 0.29) is 0 Å². The molecule has 100 valence electrons. The molecular weight excluding hydrogens is 234 g/mol. The molecule has 0 aliphatic carbocycles. The largest absolute Gasteiger partial charge is 0.316 e. The van der Waals surface area contributed by atoms with Crippen LogP contribution in [0.3, 0.4) is 0 Å². The Labute approximate surface area is 114 Å². The molecule has 2 aromatic rings. The van der Waals surface area contributed by atoms with Gasteiger partial charge in [0.05, 0.1) is 5.69 Å². The lowest BCUT2D eigenvalue weighted by Crippen LogP contribution is -2.28. The van der Waals surface area contributed by atoms with Gasteiger partial charge in [0.1, 0.15) is 0 Å². The van der Waals surface area contributed by atoms with E-state index in [4.69, 9.17) is 0 Å². The third kappa shape index (κ3) is 2.56. The maximum atomic E-state index is 4.50. The summed E-state index contributed by atoms with van der Waals surface area (Å²) in [5.74, 6) is 0.584. The van der Waals surface area contributed by atoms with E-state index in [9.17, 15) is 0 Å². The molecule has 3 rings (SSSR count). The predicted octanol–water partition coefficient (Wildman–Crippen LogP) is 3.16. The van der Waals surface area contributed by atoms with Gasteiger partial charge >= 0.3 is 0 Å². The van der Waals surface area contributed by atoms with Crippen molar-refractivity contribution in [2.24, 2.45) is 0 Å². The van der Waals surface area contributed by atoms with E-state index in [2.05, 4.69) is 53.6 Å². The Hall–Kier alpha value is -1.61. The summed E-state index contributed by atoms with van der Waals surface area (Å²) in [7, 11) is 0. The summed E-state index contributed by atoms with van der Waals surface area (Å²) >= 11 is 0. The summed E-state index contributed by atoms with van der Waals surface area (Å²) in [5, 5.41) is 11.2. The number of nitrogens with zero attached hydrogens (tertiary/aromatic N) is 1. The molecule has 1 atom stereocenters. The van der Waals surface area contributed by atoms with Crippen molar-refractivity contribution in [3.8, 4) is 11.3 Å². The fourth-order valence-corrected chi connectivity index (χ4v) is 2.90. The Morgan fingerprint density at radius 3 is 2.84 bits per heavy atom. The second-order valence-corrected chi connectivity index (χ2v) is 5.57. The molecule has 1 fully saturated rings. The molecule has 1 aromatic heterocycles. The highest BCUT2D eigenvalue weighted by molar-refractivity contribution is 5.64. The van der Waals surface area contributed by atoms with Crippen LogP contribution < -0.4 is 5.32 Å². The molecule has 2 heterocycles. The van der Waals surface area contributed by atoms with Crippen molar-refractivity contribution in [2.75, 3.05) is 13.1 Å². The van der Waals surface area contributed by atoms with Crippen molar-refractivity contribution in [1.82, 2.24) is 15.5 Å². The standard InChI is InChI=1S/C16H21N3/c1-11-5-6-14(12(2)8-11)16-9-15(18-19-16)13-4-3-7-17-10-13/h5-6,8-9,13,17H,3-4,7,10H2,1-2H3,(H,18,19). The molecule has 0 spiro atoms. The summed E-state index contributed by atoms with van der Waals surface area (Å²) in [5.41, 5.74) is 6.16. The normalized spacial score (nSPS) is 19.6. The van der Waals surface area contributed by atoms with E-state index in [1.807, 2.05) is 0 Å². The van der Waals surface area contributed by atoms with E-state index in [1.165, 1.54) is 35.2 Å². The van der Waals surface area contributed by atoms with Gasteiger partial charge in [0, 0.05) is 23.7 Å². The lowest BCUT2D eigenvalue weighted by molar-refractivity contribution is 0.454. The van der Waals surface area contributed by atoms with E-state index >= 15 is 0 Å². The molecule has 0 bridgehead atoms. The predicted molar refractivity (Wildman–Crippen MR) is 78.3 cm³/mol. The number of rotatable bonds is 2. The van der Waals surface area contributed by atoms with Crippen LogP contribution >= 0.6 is 0 Å². The van der Waals surface area contributed by atoms with Crippen LogP contribution in [0.5, 0.6) is 0 Å². The summed E-state index contributed by atoms with van der Waals surface area (Å²) in [4.78, 5) is 0. The Balaban J connectivity index is 1.87. The van der Waals surface area contributed by atoms with E-state index in [1.54, 1.807) is 0 Å². The minimum atomic E-state index is 0.584. The lowest BCUT2D eigenvalue weighted by Gasteiger charge is -2.21. The molecule has 0 saturated carbocycles. The van der Waals surface area contributed by atoms with Crippen molar-refractivity contribution in [2.45, 2.75) is 32.6 Å². The summed E-state index contributed by atoms with van der Waals surface area (Å²) in [6, 6.07) is 8.75. The molecule has 1 aliphatic rings. The van der Waals surface area contributed by atoms with Crippen LogP contribution in [0, 0.1) is 13.8 Å². The highest BCUT2D eigenvalue weighted by atomic mass is 15.1. The number of H-pyrrole nitrogens is 1. The molecule has 19 heavy (non-hydrogen) atoms. The lowest BCUT2D eigenvalue weighted by atomic mass is 9.95. The first-order valence-electron chi connectivity index (χ1n) is 7.07. The molecule has 1 aromatic carbocycles. The molecule has 0 radical (unpaired) electrons. The van der Waals surface area contributed by atoms with Gasteiger partial charge in [-0.05, 0) is 44.9 Å². The Kier molecular flexibility index (Phi) is 3.38. The number of benzene rings is 1. The Morgan fingerprint density at radius 1 is 1.21 bits per heavy atom. The van der Waals surface area contributed by atoms with Crippen LogP contribution in [0.15, 0.2) is 24.3 Å². The zero-order chi connectivity index (χ0) is 13.2. The topological polar surface area (TPSA) is 40.7 Å². The molecule has 3 nitrogen and oxygen atoms in total. The van der Waals surface area contributed by atoms with Crippen molar-refractivity contribution >= 4 is 0 Å².